The van der Waals surface area contributed by atoms with Crippen LogP contribution in [0, 0.1) is 0 Å². The van der Waals surface area contributed by atoms with Gasteiger partial charge in [-0.3, -0.25) is 0 Å². The van der Waals surface area contributed by atoms with Crippen molar-refractivity contribution in [3.63, 3.8) is 0 Å². The fraction of sp³-hybridized carbons (Fsp3) is 0.0345. The van der Waals surface area contributed by atoms with E-state index in [1.54, 1.807) is 11.0 Å². The molecule has 284 valence electrons. The van der Waals surface area contributed by atoms with Crippen molar-refractivity contribution in [3.8, 4) is 44.5 Å². The van der Waals surface area contributed by atoms with Crippen molar-refractivity contribution in [1.29, 1.82) is 0 Å². The maximum Gasteiger partial charge on any atom is 0.143 e. The Kier molecular flexibility index (Phi) is 7.08. The lowest BCUT2D eigenvalue weighted by Gasteiger charge is -2.27. The molecule has 2 nitrogen and oxygen atoms in total. The van der Waals surface area contributed by atoms with Gasteiger partial charge in [-0.2, -0.15) is 0 Å². The number of nitrogens with zero attached hydrogens (tertiary/aromatic N) is 1. The number of fused-ring (bicyclic) bond motifs is 5. The Morgan fingerprint density at radius 3 is 1.62 bits per heavy atom. The van der Waals surface area contributed by atoms with E-state index in [9.17, 15) is 11.0 Å². The summed E-state index contributed by atoms with van der Waals surface area (Å²) < 4.78 is 82.3. The molecular weight excluding hydrogens is 727 g/mol. The summed E-state index contributed by atoms with van der Waals surface area (Å²) in [6.07, 6.45) is 0. The maximum absolute atomic E-state index is 9.64. The van der Waals surface area contributed by atoms with E-state index >= 15 is 0 Å². The number of benzene rings is 10. The van der Waals surface area contributed by atoms with Crippen molar-refractivity contribution in [2.45, 2.75) is 13.1 Å². The summed E-state index contributed by atoms with van der Waals surface area (Å²) in [6, 6.07) is 54.6. The second-order valence-electron chi connectivity index (χ2n) is 15.0. The van der Waals surface area contributed by atoms with Crippen molar-refractivity contribution in [2.24, 2.45) is 0 Å². The molecule has 0 saturated heterocycles. The minimum absolute atomic E-state index is 0.0210. The van der Waals surface area contributed by atoms with Gasteiger partial charge in [0.05, 0.1) is 11.0 Å². The van der Waals surface area contributed by atoms with Crippen LogP contribution in [0.1, 0.15) is 22.1 Å². The molecule has 0 aliphatic heterocycles. The summed E-state index contributed by atoms with van der Waals surface area (Å²) in [5.41, 5.74) is 7.28. The van der Waals surface area contributed by atoms with Gasteiger partial charge in [0.15, 0.2) is 0 Å². The van der Waals surface area contributed by atoms with E-state index in [0.29, 0.717) is 16.7 Å². The van der Waals surface area contributed by atoms with Gasteiger partial charge in [-0.25, -0.2) is 0 Å². The Balaban J connectivity index is 1.06. The van der Waals surface area contributed by atoms with Crippen molar-refractivity contribution in [3.05, 3.63) is 235 Å². The molecule has 0 aliphatic rings. The molecule has 11 aromatic rings. The molecule has 0 saturated carbocycles. The Morgan fingerprint density at radius 1 is 0.367 bits per heavy atom. The number of hydrogen-bond donors (Lipinski definition) is 0. The molecular formula is C58H41NO. The summed E-state index contributed by atoms with van der Waals surface area (Å²) >= 11 is 0. The highest BCUT2D eigenvalue weighted by Gasteiger charge is 2.17. The molecule has 0 unspecified atom stereocenters. The smallest absolute Gasteiger partial charge is 0.143 e. The third-order valence-electron chi connectivity index (χ3n) is 11.4. The summed E-state index contributed by atoms with van der Waals surface area (Å²) in [6.45, 7) is -0.239. The predicted octanol–water partition coefficient (Wildman–Crippen LogP) is 15.8. The minimum atomic E-state index is -0.293. The van der Waals surface area contributed by atoms with Crippen LogP contribution in [0.3, 0.4) is 0 Å². The van der Waals surface area contributed by atoms with E-state index in [4.69, 9.17) is 4.42 Å². The largest absolute Gasteiger partial charge is 0.455 e. The first-order chi connectivity index (χ1) is 33.1. The Morgan fingerprint density at radius 2 is 0.883 bits per heavy atom. The van der Waals surface area contributed by atoms with Gasteiger partial charge in [-0.05, 0) is 89.8 Å². The lowest BCUT2D eigenvalue weighted by atomic mass is 9.96. The Labute approximate surface area is 361 Å². The summed E-state index contributed by atoms with van der Waals surface area (Å²) in [7, 11) is 0. The first-order valence-corrected chi connectivity index (χ1v) is 20.1. The van der Waals surface area contributed by atoms with Gasteiger partial charge in [0, 0.05) is 35.1 Å². The van der Waals surface area contributed by atoms with Gasteiger partial charge >= 0.3 is 0 Å². The van der Waals surface area contributed by atoms with Crippen LogP contribution in [0.4, 0.5) is 5.69 Å². The van der Waals surface area contributed by atoms with Crippen molar-refractivity contribution < 1.29 is 15.4 Å². The average Bonchev–Trinajstić information content (AvgIpc) is 3.76. The van der Waals surface area contributed by atoms with Crippen molar-refractivity contribution >= 4 is 49.2 Å². The van der Waals surface area contributed by atoms with Gasteiger partial charge in [0.25, 0.3) is 0 Å². The number of hydrogen-bond acceptors (Lipinski definition) is 2. The second-order valence-corrected chi connectivity index (χ2v) is 15.0. The molecule has 1 heterocycles. The van der Waals surface area contributed by atoms with Crippen molar-refractivity contribution in [1.82, 2.24) is 0 Å². The summed E-state index contributed by atoms with van der Waals surface area (Å²) in [4.78, 5) is 1.66. The third-order valence-corrected chi connectivity index (χ3v) is 11.4. The van der Waals surface area contributed by atoms with Gasteiger partial charge in [-0.1, -0.05) is 206 Å². The van der Waals surface area contributed by atoms with Crippen LogP contribution in [-0.2, 0) is 13.1 Å². The monoisotopic (exact) mass is 775 g/mol. The normalized spacial score (nSPS) is 13.3. The lowest BCUT2D eigenvalue weighted by molar-refractivity contribution is 0.670. The number of anilines is 1. The molecule has 0 radical (unpaired) electrons. The topological polar surface area (TPSA) is 16.4 Å². The number of para-hydroxylation sites is 2. The van der Waals surface area contributed by atoms with E-state index < -0.39 is 0 Å². The summed E-state index contributed by atoms with van der Waals surface area (Å²) in [5.74, 6) is 0. The predicted molar refractivity (Wildman–Crippen MR) is 253 cm³/mol. The molecule has 0 aliphatic carbocycles. The van der Waals surface area contributed by atoms with E-state index in [0.717, 1.165) is 65.7 Å². The van der Waals surface area contributed by atoms with E-state index in [1.807, 2.05) is 146 Å². The van der Waals surface area contributed by atoms with Crippen LogP contribution in [0.2, 0.25) is 0 Å². The quantitative estimate of drug-likeness (QED) is 0.145. The molecule has 0 fully saturated rings. The first kappa shape index (κ1) is 27.9. The molecule has 60 heavy (non-hydrogen) atoms. The number of furan rings is 1. The maximum atomic E-state index is 9.64. The van der Waals surface area contributed by atoms with E-state index in [-0.39, 0.29) is 83.8 Å². The van der Waals surface area contributed by atoms with E-state index in [2.05, 4.69) is 24.3 Å². The van der Waals surface area contributed by atoms with Crippen molar-refractivity contribution in [2.75, 3.05) is 4.90 Å². The van der Waals surface area contributed by atoms with Gasteiger partial charge in [0.1, 0.15) is 11.2 Å². The van der Waals surface area contributed by atoms with Crippen LogP contribution in [-0.4, -0.2) is 0 Å². The zero-order chi connectivity index (χ0) is 46.8. The summed E-state index contributed by atoms with van der Waals surface area (Å²) in [5, 5.41) is 5.83. The average molecular weight is 776 g/mol. The second kappa shape index (κ2) is 15.2. The Hall–Kier alpha value is -7.68. The molecule has 0 spiro atoms. The van der Waals surface area contributed by atoms with Gasteiger partial charge in [0.2, 0.25) is 0 Å². The zero-order valence-electron chi connectivity index (χ0n) is 40.5. The zero-order valence-corrected chi connectivity index (χ0v) is 32.5. The minimum Gasteiger partial charge on any atom is -0.455 e. The van der Waals surface area contributed by atoms with Gasteiger partial charge < -0.3 is 9.32 Å². The molecule has 0 amide bonds. The third kappa shape index (κ3) is 6.59. The van der Waals surface area contributed by atoms with Crippen LogP contribution in [0.25, 0.3) is 88.0 Å². The molecule has 2 heteroatoms. The highest BCUT2D eigenvalue weighted by Crippen LogP contribution is 2.38. The highest BCUT2D eigenvalue weighted by atomic mass is 16.3. The van der Waals surface area contributed by atoms with Crippen LogP contribution in [0.15, 0.2) is 229 Å². The SMILES string of the molecule is [2H]c1c([2H])c(-c2cccc3ccccc23)c([2H])c([2H])c1CN(Cc1ccccc1-c1cccc2c1oc1ccccc12)c1c([2H])c([2H])c(-c2ccc(-c3cccc4ccccc34)cc2)c([2H])c1[2H]. The number of rotatable bonds is 9. The molecule has 10 aromatic carbocycles. The van der Waals surface area contributed by atoms with Crippen LogP contribution >= 0.6 is 0 Å². The van der Waals surface area contributed by atoms with E-state index in [1.165, 1.54) is 0 Å². The lowest BCUT2D eigenvalue weighted by Crippen LogP contribution is -2.22. The fourth-order valence-electron chi connectivity index (χ4n) is 8.39. The first-order valence-electron chi connectivity index (χ1n) is 24.1. The molecule has 0 N–H and O–H groups in total. The molecule has 0 bridgehead atoms. The fourth-order valence-corrected chi connectivity index (χ4v) is 8.39. The molecule has 11 rings (SSSR count). The van der Waals surface area contributed by atoms with Gasteiger partial charge in [-0.15, -0.1) is 0 Å². The Bertz CT molecular complexity index is 3740. The van der Waals surface area contributed by atoms with Crippen LogP contribution in [0.5, 0.6) is 0 Å². The van der Waals surface area contributed by atoms with Crippen LogP contribution < -0.4 is 4.90 Å². The molecule has 0 atom stereocenters. The standard InChI is InChI=1S/C58H41NO/c1-4-17-49-43(12-1)15-9-21-51(49)45-28-26-40(27-29-45)38-59(39-47-14-3-6-19-53(47)55-23-11-24-56-54-20-7-8-25-57(54)60-58(55)56)48-36-34-42(35-37-48)41-30-32-46(33-31-41)52-22-10-16-44-13-2-5-18-50(44)52/h1-37H,38-39H2/i26D,27D,28D,29D,34D,35D,36D,37D. The molecule has 1 aromatic heterocycles. The highest BCUT2D eigenvalue weighted by molar-refractivity contribution is 6.09.